The Morgan fingerprint density at radius 1 is 1.14 bits per heavy atom. The average molecular weight is 386 g/mol. The van der Waals surface area contributed by atoms with E-state index in [0.717, 1.165) is 38.5 Å². The van der Waals surface area contributed by atoms with Crippen molar-refractivity contribution in [1.29, 1.82) is 0 Å². The number of carbonyl (C=O) groups is 2. The van der Waals surface area contributed by atoms with Crippen LogP contribution in [0.3, 0.4) is 0 Å². The van der Waals surface area contributed by atoms with Gasteiger partial charge in [-0.1, -0.05) is 18.0 Å². The molecule has 2 saturated carbocycles. The van der Waals surface area contributed by atoms with E-state index in [-0.39, 0.29) is 35.3 Å². The van der Waals surface area contributed by atoms with Crippen LogP contribution in [0.15, 0.2) is 22.2 Å². The van der Waals surface area contributed by atoms with E-state index < -0.39 is 0 Å². The van der Waals surface area contributed by atoms with Gasteiger partial charge in [0.25, 0.3) is 11.8 Å². The van der Waals surface area contributed by atoms with E-state index in [1.807, 2.05) is 4.90 Å². The molecule has 0 bridgehead atoms. The monoisotopic (exact) mass is 386 g/mol. The average Bonchev–Trinajstić information content (AvgIpc) is 3.49. The molecule has 2 amide bonds. The number of rotatable bonds is 3. The van der Waals surface area contributed by atoms with Crippen LogP contribution in [0.4, 0.5) is 0 Å². The number of piperidine rings is 1. The molecule has 0 radical (unpaired) electrons. The second-order valence-electron chi connectivity index (χ2n) is 8.62. The lowest BCUT2D eigenvalue weighted by atomic mass is 9.68. The quantitative estimate of drug-likeness (QED) is 0.858. The zero-order valence-electron chi connectivity index (χ0n) is 15.9. The fourth-order valence-corrected chi connectivity index (χ4v) is 5.62. The molecule has 5 rings (SSSR count). The Balaban J connectivity index is 1.27. The van der Waals surface area contributed by atoms with E-state index in [4.69, 9.17) is 9.25 Å². The number of nitrogens with one attached hydrogen (secondary N) is 1. The van der Waals surface area contributed by atoms with Crippen LogP contribution in [0.2, 0.25) is 0 Å². The Bertz CT molecular complexity index is 776. The van der Waals surface area contributed by atoms with Crippen molar-refractivity contribution in [2.24, 2.45) is 16.5 Å². The first-order chi connectivity index (χ1) is 13.7. The largest absolute Gasteiger partial charge is 0.451 e. The molecule has 2 aliphatic heterocycles. The SMILES string of the molecule is O=C(NC1CCCC1)C1=NO[C@@H]2CCC3(CCN(C(=O)c4cocn4)CC3)[C@H]12. The van der Waals surface area contributed by atoms with Crippen LogP contribution in [0.5, 0.6) is 0 Å². The molecule has 1 aromatic heterocycles. The Labute approximate surface area is 163 Å². The Hall–Kier alpha value is -2.38. The van der Waals surface area contributed by atoms with Crippen LogP contribution in [-0.4, -0.2) is 52.6 Å². The molecule has 150 valence electrons. The second-order valence-corrected chi connectivity index (χ2v) is 8.62. The molecular weight excluding hydrogens is 360 g/mol. The van der Waals surface area contributed by atoms with Crippen LogP contribution in [0, 0.1) is 11.3 Å². The Kier molecular flexibility index (Phi) is 4.36. The van der Waals surface area contributed by atoms with Crippen LogP contribution in [0.1, 0.15) is 61.9 Å². The Morgan fingerprint density at radius 3 is 2.64 bits per heavy atom. The predicted molar refractivity (Wildman–Crippen MR) is 99.5 cm³/mol. The summed E-state index contributed by atoms with van der Waals surface area (Å²) in [6, 6.07) is 0.272. The smallest absolute Gasteiger partial charge is 0.275 e. The molecule has 28 heavy (non-hydrogen) atoms. The van der Waals surface area contributed by atoms with Crippen molar-refractivity contribution in [2.45, 2.75) is 63.5 Å². The van der Waals surface area contributed by atoms with Gasteiger partial charge < -0.3 is 19.5 Å². The number of amides is 2. The van der Waals surface area contributed by atoms with Gasteiger partial charge in [-0.15, -0.1) is 0 Å². The van der Waals surface area contributed by atoms with Crippen molar-refractivity contribution in [3.05, 3.63) is 18.4 Å². The number of aromatic nitrogens is 1. The van der Waals surface area contributed by atoms with Gasteiger partial charge in [0, 0.05) is 19.1 Å². The summed E-state index contributed by atoms with van der Waals surface area (Å²) in [5.74, 6) is -0.103. The minimum atomic E-state index is -0.0892. The highest BCUT2D eigenvalue weighted by atomic mass is 16.6. The molecule has 3 heterocycles. The molecule has 8 heteroatoms. The standard InChI is InChI=1S/C20H26N4O4/c25-18(22-13-3-1-2-4-13)17-16-15(28-23-17)5-6-20(16)7-9-24(10-8-20)19(26)14-11-27-12-21-14/h11-13,15-16H,1-10H2,(H,22,25)/t15-,16+/m1/s1. The van der Waals surface area contributed by atoms with Crippen molar-refractivity contribution in [3.63, 3.8) is 0 Å². The molecule has 1 N–H and O–H groups in total. The number of carbonyl (C=O) groups excluding carboxylic acids is 2. The van der Waals surface area contributed by atoms with Gasteiger partial charge in [-0.05, 0) is 43.9 Å². The molecule has 8 nitrogen and oxygen atoms in total. The summed E-state index contributed by atoms with van der Waals surface area (Å²) in [6.07, 6.45) is 10.8. The maximum Gasteiger partial charge on any atom is 0.275 e. The first kappa shape index (κ1) is 17.7. The number of fused-ring (bicyclic) bond motifs is 2. The highest BCUT2D eigenvalue weighted by molar-refractivity contribution is 6.40. The normalized spacial score (nSPS) is 28.9. The number of likely N-dealkylation sites (tertiary alicyclic amines) is 1. The zero-order valence-corrected chi connectivity index (χ0v) is 15.9. The minimum absolute atomic E-state index is 0.00196. The minimum Gasteiger partial charge on any atom is -0.451 e. The van der Waals surface area contributed by atoms with Gasteiger partial charge in [0.05, 0.1) is 5.92 Å². The van der Waals surface area contributed by atoms with Gasteiger partial charge in [-0.2, -0.15) is 0 Å². The summed E-state index contributed by atoms with van der Waals surface area (Å²) >= 11 is 0. The molecule has 3 fully saturated rings. The van der Waals surface area contributed by atoms with Gasteiger partial charge in [0.2, 0.25) is 0 Å². The van der Waals surface area contributed by atoms with E-state index in [1.165, 1.54) is 25.5 Å². The third-order valence-corrected chi connectivity index (χ3v) is 7.16. The summed E-state index contributed by atoms with van der Waals surface area (Å²) in [5, 5.41) is 7.38. The summed E-state index contributed by atoms with van der Waals surface area (Å²) in [6.45, 7) is 1.32. The molecule has 1 spiro atoms. The van der Waals surface area contributed by atoms with Crippen LogP contribution < -0.4 is 5.32 Å². The number of hydrogen-bond acceptors (Lipinski definition) is 6. The van der Waals surface area contributed by atoms with Gasteiger partial charge in [-0.3, -0.25) is 9.59 Å². The van der Waals surface area contributed by atoms with Crippen molar-refractivity contribution in [1.82, 2.24) is 15.2 Å². The van der Waals surface area contributed by atoms with Gasteiger partial charge in [-0.25, -0.2) is 4.98 Å². The van der Waals surface area contributed by atoms with Crippen molar-refractivity contribution in [2.75, 3.05) is 13.1 Å². The lowest BCUT2D eigenvalue weighted by Crippen LogP contribution is -2.49. The molecule has 4 aliphatic rings. The summed E-state index contributed by atoms with van der Waals surface area (Å²) < 4.78 is 4.94. The zero-order chi connectivity index (χ0) is 19.1. The topological polar surface area (TPSA) is 97.0 Å². The van der Waals surface area contributed by atoms with Crippen LogP contribution >= 0.6 is 0 Å². The first-order valence-corrected chi connectivity index (χ1v) is 10.4. The number of oxazole rings is 1. The highest BCUT2D eigenvalue weighted by Gasteiger charge is 2.57. The maximum atomic E-state index is 12.9. The number of hydrogen-bond donors (Lipinski definition) is 1. The molecule has 1 aromatic rings. The van der Waals surface area contributed by atoms with Gasteiger partial charge in [0.15, 0.2) is 17.8 Å². The first-order valence-electron chi connectivity index (χ1n) is 10.4. The third-order valence-electron chi connectivity index (χ3n) is 7.16. The van der Waals surface area contributed by atoms with Crippen molar-refractivity contribution < 1.29 is 18.8 Å². The molecule has 2 aliphatic carbocycles. The van der Waals surface area contributed by atoms with Crippen molar-refractivity contribution in [3.8, 4) is 0 Å². The van der Waals surface area contributed by atoms with E-state index in [2.05, 4.69) is 15.5 Å². The second kappa shape index (κ2) is 6.90. The molecular formula is C20H26N4O4. The number of nitrogens with zero attached hydrogens (tertiary/aromatic N) is 3. The maximum absolute atomic E-state index is 12.9. The highest BCUT2D eigenvalue weighted by Crippen LogP contribution is 2.54. The Morgan fingerprint density at radius 2 is 1.93 bits per heavy atom. The van der Waals surface area contributed by atoms with E-state index in [0.29, 0.717) is 24.5 Å². The summed E-state index contributed by atoms with van der Waals surface area (Å²) in [5.41, 5.74) is 0.918. The van der Waals surface area contributed by atoms with E-state index in [1.54, 1.807) is 0 Å². The fourth-order valence-electron chi connectivity index (χ4n) is 5.62. The van der Waals surface area contributed by atoms with E-state index >= 15 is 0 Å². The molecule has 0 unspecified atom stereocenters. The molecule has 2 atom stereocenters. The van der Waals surface area contributed by atoms with Gasteiger partial charge in [0.1, 0.15) is 12.4 Å². The fraction of sp³-hybridized carbons (Fsp3) is 0.700. The van der Waals surface area contributed by atoms with Crippen LogP contribution in [0.25, 0.3) is 0 Å². The van der Waals surface area contributed by atoms with Gasteiger partial charge >= 0.3 is 0 Å². The lowest BCUT2D eigenvalue weighted by molar-refractivity contribution is -0.115. The third kappa shape index (κ3) is 2.89. The number of oxime groups is 1. The van der Waals surface area contributed by atoms with Crippen LogP contribution in [-0.2, 0) is 9.63 Å². The van der Waals surface area contributed by atoms with Crippen molar-refractivity contribution >= 4 is 17.5 Å². The lowest BCUT2D eigenvalue weighted by Gasteiger charge is -2.42. The predicted octanol–water partition coefficient (Wildman–Crippen LogP) is 2.12. The van der Waals surface area contributed by atoms with E-state index in [9.17, 15) is 9.59 Å². The molecule has 0 aromatic carbocycles. The molecule has 1 saturated heterocycles. The summed E-state index contributed by atoms with van der Waals surface area (Å²) in [7, 11) is 0. The summed E-state index contributed by atoms with van der Waals surface area (Å²) in [4.78, 5) is 36.9.